The van der Waals surface area contributed by atoms with E-state index in [1.165, 1.54) is 12.2 Å². The minimum absolute atomic E-state index is 0.00171. The van der Waals surface area contributed by atoms with Crippen molar-refractivity contribution in [1.29, 1.82) is 0 Å². The van der Waals surface area contributed by atoms with Gasteiger partial charge in [-0.1, -0.05) is 73.8 Å². The first-order valence-corrected chi connectivity index (χ1v) is 10.2. The molecule has 32 heavy (non-hydrogen) atoms. The van der Waals surface area contributed by atoms with Gasteiger partial charge in [-0.2, -0.15) is 0 Å². The zero-order valence-electron chi connectivity index (χ0n) is 17.7. The molecule has 0 bridgehead atoms. The molecule has 7 nitrogen and oxygen atoms in total. The van der Waals surface area contributed by atoms with Crippen LogP contribution < -0.4 is 0 Å². The molecule has 2 aromatic carbocycles. The molecule has 1 amide bonds. The molecule has 0 heterocycles. The van der Waals surface area contributed by atoms with Crippen molar-refractivity contribution >= 4 is 18.0 Å². The summed E-state index contributed by atoms with van der Waals surface area (Å²) in [6.07, 6.45) is 2.01. The average Bonchev–Trinajstić information content (AvgIpc) is 3.13. The summed E-state index contributed by atoms with van der Waals surface area (Å²) in [5, 5.41) is 0. The van der Waals surface area contributed by atoms with Crippen LogP contribution in [-0.4, -0.2) is 55.8 Å². The van der Waals surface area contributed by atoms with Crippen LogP contribution in [0.4, 0.5) is 4.79 Å². The fraction of sp³-hybridized carbons (Fsp3) is 0.240. The number of fused-ring (bicyclic) bond motifs is 3. The van der Waals surface area contributed by atoms with Crippen molar-refractivity contribution in [3.05, 3.63) is 85.0 Å². The quantitative estimate of drug-likeness (QED) is 0.322. The van der Waals surface area contributed by atoms with Gasteiger partial charge in [0.15, 0.2) is 0 Å². The number of ether oxygens (including phenoxy) is 3. The van der Waals surface area contributed by atoms with Gasteiger partial charge < -0.3 is 14.2 Å². The highest BCUT2D eigenvalue weighted by Gasteiger charge is 2.30. The summed E-state index contributed by atoms with van der Waals surface area (Å²) in [6, 6.07) is 15.9. The predicted molar refractivity (Wildman–Crippen MR) is 119 cm³/mol. The first kappa shape index (κ1) is 22.8. The van der Waals surface area contributed by atoms with E-state index in [-0.39, 0.29) is 25.7 Å². The molecule has 7 heteroatoms. The van der Waals surface area contributed by atoms with Gasteiger partial charge in [0, 0.05) is 5.92 Å². The first-order chi connectivity index (χ1) is 15.5. The smallest absolute Gasteiger partial charge is 0.410 e. The second kappa shape index (κ2) is 10.9. The molecule has 0 radical (unpaired) electrons. The summed E-state index contributed by atoms with van der Waals surface area (Å²) in [6.45, 7) is 6.10. The zero-order chi connectivity index (χ0) is 22.9. The van der Waals surface area contributed by atoms with E-state index in [9.17, 15) is 14.4 Å². The van der Waals surface area contributed by atoms with E-state index in [0.717, 1.165) is 27.2 Å². The Morgan fingerprint density at radius 1 is 0.781 bits per heavy atom. The first-order valence-electron chi connectivity index (χ1n) is 10.2. The Morgan fingerprint density at radius 2 is 1.25 bits per heavy atom. The maximum atomic E-state index is 12.8. The zero-order valence-corrected chi connectivity index (χ0v) is 17.7. The molecule has 0 aliphatic heterocycles. The van der Waals surface area contributed by atoms with Crippen molar-refractivity contribution < 1.29 is 28.6 Å². The van der Waals surface area contributed by atoms with Crippen LogP contribution in [0.25, 0.3) is 11.1 Å². The molecule has 2 aromatic rings. The van der Waals surface area contributed by atoms with Crippen molar-refractivity contribution in [2.45, 2.75) is 5.92 Å². The van der Waals surface area contributed by atoms with Crippen LogP contribution in [0.1, 0.15) is 17.0 Å². The monoisotopic (exact) mass is 435 g/mol. The Kier molecular flexibility index (Phi) is 7.80. The van der Waals surface area contributed by atoms with Crippen molar-refractivity contribution in [3.8, 4) is 11.1 Å². The maximum Gasteiger partial charge on any atom is 0.410 e. The molecule has 0 atom stereocenters. The van der Waals surface area contributed by atoms with Gasteiger partial charge in [-0.05, 0) is 22.3 Å². The number of esters is 2. The molecule has 0 aromatic heterocycles. The van der Waals surface area contributed by atoms with Crippen molar-refractivity contribution in [3.63, 3.8) is 0 Å². The Labute approximate surface area is 186 Å². The summed E-state index contributed by atoms with van der Waals surface area (Å²) < 4.78 is 15.4. The maximum absolute atomic E-state index is 12.8. The molecular formula is C25H25NO6. The highest BCUT2D eigenvalue weighted by Crippen LogP contribution is 2.44. The van der Waals surface area contributed by atoms with Crippen LogP contribution in [0.2, 0.25) is 0 Å². The number of hydrogen-bond donors (Lipinski definition) is 0. The van der Waals surface area contributed by atoms with Crippen LogP contribution in [0.5, 0.6) is 0 Å². The lowest BCUT2D eigenvalue weighted by Gasteiger charge is -2.22. The van der Waals surface area contributed by atoms with Gasteiger partial charge in [0.25, 0.3) is 0 Å². The Bertz CT molecular complexity index is 943. The second-order valence-electron chi connectivity index (χ2n) is 7.10. The van der Waals surface area contributed by atoms with Gasteiger partial charge in [-0.15, -0.1) is 0 Å². The Hall–Kier alpha value is -3.87. The molecule has 166 valence electrons. The summed E-state index contributed by atoms with van der Waals surface area (Å²) in [5.41, 5.74) is 4.32. The van der Waals surface area contributed by atoms with Gasteiger partial charge in [0.05, 0.1) is 0 Å². The van der Waals surface area contributed by atoms with E-state index in [1.54, 1.807) is 0 Å². The number of carbonyl (C=O) groups is 3. The van der Waals surface area contributed by atoms with Crippen LogP contribution >= 0.6 is 0 Å². The van der Waals surface area contributed by atoms with Crippen molar-refractivity contribution in [1.82, 2.24) is 4.90 Å². The number of nitrogens with zero attached hydrogens (tertiary/aromatic N) is 1. The van der Waals surface area contributed by atoms with E-state index in [4.69, 9.17) is 14.2 Å². The van der Waals surface area contributed by atoms with E-state index < -0.39 is 31.1 Å². The highest BCUT2D eigenvalue weighted by molar-refractivity contribution is 5.83. The lowest BCUT2D eigenvalue weighted by molar-refractivity contribution is -0.146. The van der Waals surface area contributed by atoms with Gasteiger partial charge in [-0.3, -0.25) is 14.5 Å². The second-order valence-corrected chi connectivity index (χ2v) is 7.10. The molecule has 1 aliphatic rings. The number of carbonyl (C=O) groups excluding carboxylic acids is 3. The molecule has 1 aliphatic carbocycles. The average molecular weight is 435 g/mol. The Morgan fingerprint density at radius 3 is 1.72 bits per heavy atom. The molecule has 0 saturated carbocycles. The molecule has 3 rings (SSSR count). The van der Waals surface area contributed by atoms with Crippen molar-refractivity contribution in [2.24, 2.45) is 0 Å². The van der Waals surface area contributed by atoms with E-state index in [2.05, 4.69) is 13.2 Å². The van der Waals surface area contributed by atoms with Gasteiger partial charge in [0.2, 0.25) is 0 Å². The van der Waals surface area contributed by atoms with Gasteiger partial charge in [-0.25, -0.2) is 4.79 Å². The molecule has 0 spiro atoms. The minimum Gasteiger partial charge on any atom is -0.460 e. The standard InChI is InChI=1S/C25H25NO6/c1-3-13-30-23(27)15-26(16-24(28)31-14-4-2)25(29)32-17-22-20-11-7-5-9-18(20)19-10-6-8-12-21(19)22/h3-12,22H,1-2,13-17H2. The summed E-state index contributed by atoms with van der Waals surface area (Å²) in [7, 11) is 0. The lowest BCUT2D eigenvalue weighted by atomic mass is 9.98. The SMILES string of the molecule is C=CCOC(=O)CN(CC(=O)OCC=C)C(=O)OCC1c2ccccc2-c2ccccc21. The normalized spacial score (nSPS) is 11.6. The van der Waals surface area contributed by atoms with E-state index >= 15 is 0 Å². The third-order valence-electron chi connectivity index (χ3n) is 4.96. The topological polar surface area (TPSA) is 82.1 Å². The van der Waals surface area contributed by atoms with Gasteiger partial charge in [0.1, 0.15) is 32.9 Å². The molecule has 0 saturated heterocycles. The predicted octanol–water partition coefficient (Wildman–Crippen LogP) is 3.70. The van der Waals surface area contributed by atoms with Crippen molar-refractivity contribution in [2.75, 3.05) is 32.9 Å². The number of hydrogen-bond acceptors (Lipinski definition) is 6. The summed E-state index contributed by atoms with van der Waals surface area (Å²) in [5.74, 6) is -1.52. The third kappa shape index (κ3) is 5.43. The lowest BCUT2D eigenvalue weighted by Crippen LogP contribution is -2.41. The Balaban J connectivity index is 1.71. The van der Waals surface area contributed by atoms with Crippen LogP contribution in [0, 0.1) is 0 Å². The fourth-order valence-electron chi connectivity index (χ4n) is 3.58. The molecule has 0 N–H and O–H groups in total. The summed E-state index contributed by atoms with van der Waals surface area (Å²) in [4.78, 5) is 37.8. The fourth-order valence-corrected chi connectivity index (χ4v) is 3.58. The minimum atomic E-state index is -0.807. The van der Waals surface area contributed by atoms with E-state index in [1.807, 2.05) is 48.5 Å². The molecular weight excluding hydrogens is 410 g/mol. The van der Waals surface area contributed by atoms with Crippen LogP contribution in [0.15, 0.2) is 73.8 Å². The van der Waals surface area contributed by atoms with Crippen LogP contribution in [-0.2, 0) is 23.8 Å². The summed E-state index contributed by atoms with van der Waals surface area (Å²) >= 11 is 0. The van der Waals surface area contributed by atoms with Gasteiger partial charge >= 0.3 is 18.0 Å². The molecule has 0 unspecified atom stereocenters. The van der Waals surface area contributed by atoms with Crippen LogP contribution in [0.3, 0.4) is 0 Å². The number of amides is 1. The third-order valence-corrected chi connectivity index (χ3v) is 4.96. The van der Waals surface area contributed by atoms with E-state index in [0.29, 0.717) is 0 Å². The molecule has 0 fully saturated rings. The highest BCUT2D eigenvalue weighted by atomic mass is 16.6. The number of benzene rings is 2. The number of rotatable bonds is 10. The largest absolute Gasteiger partial charge is 0.460 e.